The van der Waals surface area contributed by atoms with Gasteiger partial charge in [-0.15, -0.1) is 0 Å². The van der Waals surface area contributed by atoms with Crippen LogP contribution in [0.3, 0.4) is 0 Å². The Morgan fingerprint density at radius 3 is 2.26 bits per heavy atom. The van der Waals surface area contributed by atoms with Crippen LogP contribution in [0.2, 0.25) is 0 Å². The number of anilines is 1. The first-order valence-electron chi connectivity index (χ1n) is 10.6. The third-order valence-electron chi connectivity index (χ3n) is 4.88. The summed E-state index contributed by atoms with van der Waals surface area (Å²) in [6.45, 7) is 7.82. The lowest BCUT2D eigenvalue weighted by Gasteiger charge is -2.22. The van der Waals surface area contributed by atoms with Crippen LogP contribution in [0.4, 0.5) is 5.69 Å². The molecule has 0 bridgehead atoms. The van der Waals surface area contributed by atoms with Crippen molar-refractivity contribution >= 4 is 23.5 Å². The van der Waals surface area contributed by atoms with E-state index in [4.69, 9.17) is 10.2 Å². The predicted molar refractivity (Wildman–Crippen MR) is 123 cm³/mol. The molecule has 0 fully saturated rings. The van der Waals surface area contributed by atoms with Crippen LogP contribution in [-0.4, -0.2) is 34.6 Å². The lowest BCUT2D eigenvalue weighted by atomic mass is 10.0. The smallest absolute Gasteiger partial charge is 0.317 e. The summed E-state index contributed by atoms with van der Waals surface area (Å²) in [6.07, 6.45) is 11.5. The van der Waals surface area contributed by atoms with E-state index in [1.54, 1.807) is 11.0 Å². The molecule has 1 rings (SSSR count). The Morgan fingerprint density at radius 2 is 1.74 bits per heavy atom. The number of aryl methyl sites for hydroxylation is 1. The SMILES string of the molecule is C=C/C=C(\C=C/CCCCC(C(=O)O)C(=O)O)CN(C(C)=O)c1ccc(CCC)cc1. The topological polar surface area (TPSA) is 94.9 Å². The van der Waals surface area contributed by atoms with Gasteiger partial charge in [0.2, 0.25) is 5.91 Å². The average molecular weight is 428 g/mol. The quantitative estimate of drug-likeness (QED) is 0.247. The summed E-state index contributed by atoms with van der Waals surface area (Å²) in [6, 6.07) is 8.01. The number of rotatable bonds is 14. The Kier molecular flexibility index (Phi) is 11.7. The summed E-state index contributed by atoms with van der Waals surface area (Å²) in [7, 11) is 0. The number of allylic oxidation sites excluding steroid dienone is 3. The zero-order valence-electron chi connectivity index (χ0n) is 18.4. The highest BCUT2D eigenvalue weighted by molar-refractivity contribution is 5.93. The normalized spacial score (nSPS) is 11.6. The number of benzene rings is 1. The summed E-state index contributed by atoms with van der Waals surface area (Å²) in [4.78, 5) is 35.8. The number of carboxylic acid groups (broad SMARTS) is 2. The van der Waals surface area contributed by atoms with E-state index < -0.39 is 17.9 Å². The third-order valence-corrected chi connectivity index (χ3v) is 4.88. The van der Waals surface area contributed by atoms with Crippen LogP contribution in [0.5, 0.6) is 0 Å². The number of carbonyl (C=O) groups is 3. The van der Waals surface area contributed by atoms with Gasteiger partial charge in [0.15, 0.2) is 5.92 Å². The molecule has 0 radical (unpaired) electrons. The molecule has 31 heavy (non-hydrogen) atoms. The Hall–Kier alpha value is -3.15. The Morgan fingerprint density at radius 1 is 1.10 bits per heavy atom. The number of aliphatic carboxylic acids is 2. The van der Waals surface area contributed by atoms with Gasteiger partial charge in [0.1, 0.15) is 0 Å². The first kappa shape index (κ1) is 25.9. The third kappa shape index (κ3) is 9.47. The molecule has 1 aromatic rings. The van der Waals surface area contributed by atoms with Gasteiger partial charge >= 0.3 is 11.9 Å². The van der Waals surface area contributed by atoms with Crippen LogP contribution in [-0.2, 0) is 20.8 Å². The highest BCUT2D eigenvalue weighted by atomic mass is 16.4. The molecule has 0 aliphatic carbocycles. The highest BCUT2D eigenvalue weighted by Crippen LogP contribution is 2.19. The standard InChI is InChI=1S/C25H33NO5/c1-4-10-20-14-16-22(17-15-20)26(19(3)27)18-21(11-5-2)12-8-6-7-9-13-23(24(28)29)25(30)31/h5,8,11-12,14-17,23H,2,4,6-7,9-10,13,18H2,1,3H3,(H,28,29)(H,30,31)/b12-8-,21-11+. The lowest BCUT2D eigenvalue weighted by molar-refractivity contribution is -0.154. The molecule has 0 saturated carbocycles. The fourth-order valence-electron chi connectivity index (χ4n) is 3.21. The van der Waals surface area contributed by atoms with Gasteiger partial charge in [-0.05, 0) is 49.0 Å². The van der Waals surface area contributed by atoms with Crippen molar-refractivity contribution in [3.63, 3.8) is 0 Å². The minimum Gasteiger partial charge on any atom is -0.481 e. The fraction of sp³-hybridized carbons (Fsp3) is 0.400. The van der Waals surface area contributed by atoms with Gasteiger partial charge < -0.3 is 15.1 Å². The molecule has 6 heteroatoms. The molecule has 6 nitrogen and oxygen atoms in total. The molecular weight excluding hydrogens is 394 g/mol. The molecule has 168 valence electrons. The highest BCUT2D eigenvalue weighted by Gasteiger charge is 2.24. The number of unbranched alkanes of at least 4 members (excludes halogenated alkanes) is 2. The largest absolute Gasteiger partial charge is 0.481 e. The molecule has 0 aromatic heterocycles. The molecule has 0 unspecified atom stereocenters. The van der Waals surface area contributed by atoms with E-state index >= 15 is 0 Å². The number of nitrogens with zero attached hydrogens (tertiary/aromatic N) is 1. The van der Waals surface area contributed by atoms with E-state index in [2.05, 4.69) is 13.5 Å². The van der Waals surface area contributed by atoms with Crippen LogP contribution in [0.25, 0.3) is 0 Å². The van der Waals surface area contributed by atoms with Crippen molar-refractivity contribution < 1.29 is 24.6 Å². The monoisotopic (exact) mass is 427 g/mol. The zero-order chi connectivity index (χ0) is 23.2. The zero-order valence-corrected chi connectivity index (χ0v) is 18.4. The fourth-order valence-corrected chi connectivity index (χ4v) is 3.21. The van der Waals surface area contributed by atoms with Crippen molar-refractivity contribution in [2.24, 2.45) is 5.92 Å². The second-order valence-electron chi connectivity index (χ2n) is 7.41. The molecule has 1 aromatic carbocycles. The summed E-state index contributed by atoms with van der Waals surface area (Å²) >= 11 is 0. The van der Waals surface area contributed by atoms with E-state index in [1.807, 2.05) is 42.5 Å². The van der Waals surface area contributed by atoms with Gasteiger partial charge in [0.05, 0.1) is 6.54 Å². The van der Waals surface area contributed by atoms with Crippen LogP contribution >= 0.6 is 0 Å². The molecule has 0 saturated heterocycles. The molecule has 0 aliphatic rings. The number of carbonyl (C=O) groups excluding carboxylic acids is 1. The van der Waals surface area contributed by atoms with Crippen LogP contribution in [0.15, 0.2) is 60.7 Å². The molecule has 0 aliphatic heterocycles. The lowest BCUT2D eigenvalue weighted by Crippen LogP contribution is -2.30. The minimum absolute atomic E-state index is 0.0556. The molecular formula is C25H33NO5. The summed E-state index contributed by atoms with van der Waals surface area (Å²) in [5.41, 5.74) is 2.99. The molecule has 0 atom stereocenters. The second-order valence-corrected chi connectivity index (χ2v) is 7.41. The van der Waals surface area contributed by atoms with Crippen LogP contribution in [0, 0.1) is 5.92 Å². The van der Waals surface area contributed by atoms with Gasteiger partial charge in [0.25, 0.3) is 0 Å². The van der Waals surface area contributed by atoms with Crippen molar-refractivity contribution in [2.75, 3.05) is 11.4 Å². The van der Waals surface area contributed by atoms with Crippen molar-refractivity contribution in [3.05, 3.63) is 66.3 Å². The first-order valence-corrected chi connectivity index (χ1v) is 10.6. The summed E-state index contributed by atoms with van der Waals surface area (Å²) < 4.78 is 0. The molecule has 1 amide bonds. The summed E-state index contributed by atoms with van der Waals surface area (Å²) in [5, 5.41) is 17.8. The minimum atomic E-state index is -1.35. The van der Waals surface area contributed by atoms with Gasteiger partial charge in [-0.25, -0.2) is 0 Å². The van der Waals surface area contributed by atoms with E-state index in [0.29, 0.717) is 25.8 Å². The maximum Gasteiger partial charge on any atom is 0.317 e. The Bertz CT molecular complexity index is 794. The second kappa shape index (κ2) is 14.0. The molecule has 0 spiro atoms. The maximum atomic E-state index is 12.2. The van der Waals surface area contributed by atoms with Gasteiger partial charge in [-0.1, -0.05) is 62.8 Å². The van der Waals surface area contributed by atoms with Gasteiger partial charge in [0, 0.05) is 12.6 Å². The molecule has 0 heterocycles. The van der Waals surface area contributed by atoms with Crippen molar-refractivity contribution in [1.82, 2.24) is 0 Å². The maximum absolute atomic E-state index is 12.2. The van der Waals surface area contributed by atoms with Crippen LogP contribution in [0.1, 0.15) is 51.5 Å². The van der Waals surface area contributed by atoms with Gasteiger partial charge in [-0.3, -0.25) is 14.4 Å². The van der Waals surface area contributed by atoms with E-state index in [9.17, 15) is 14.4 Å². The Balaban J connectivity index is 2.69. The van der Waals surface area contributed by atoms with Crippen molar-refractivity contribution in [2.45, 2.75) is 52.4 Å². The van der Waals surface area contributed by atoms with E-state index in [-0.39, 0.29) is 12.3 Å². The average Bonchev–Trinajstić information content (AvgIpc) is 2.71. The van der Waals surface area contributed by atoms with E-state index in [0.717, 1.165) is 24.1 Å². The number of amides is 1. The van der Waals surface area contributed by atoms with E-state index in [1.165, 1.54) is 12.5 Å². The van der Waals surface area contributed by atoms with Crippen molar-refractivity contribution in [3.8, 4) is 0 Å². The predicted octanol–water partition coefficient (Wildman–Crippen LogP) is 5.01. The summed E-state index contributed by atoms with van der Waals surface area (Å²) in [5.74, 6) is -4.01. The molecule has 2 N–H and O–H groups in total. The Labute approximate surface area is 184 Å². The van der Waals surface area contributed by atoms with Crippen molar-refractivity contribution in [1.29, 1.82) is 0 Å². The number of carboxylic acids is 2. The number of hydrogen-bond acceptors (Lipinski definition) is 3. The first-order chi connectivity index (χ1) is 14.8. The van der Waals surface area contributed by atoms with Crippen LogP contribution < -0.4 is 4.90 Å². The number of hydrogen-bond donors (Lipinski definition) is 2. The van der Waals surface area contributed by atoms with Gasteiger partial charge in [-0.2, -0.15) is 0 Å².